The smallest absolute Gasteiger partial charge is 0.142 e. The molecule has 0 saturated heterocycles. The molecule has 3 nitrogen and oxygen atoms in total. The van der Waals surface area contributed by atoms with Gasteiger partial charge in [-0.15, -0.1) is 0 Å². The summed E-state index contributed by atoms with van der Waals surface area (Å²) in [7, 11) is 3.63. The van der Waals surface area contributed by atoms with E-state index in [-0.39, 0.29) is 6.04 Å². The summed E-state index contributed by atoms with van der Waals surface area (Å²) in [6.07, 6.45) is 3.54. The Kier molecular flexibility index (Phi) is 3.95. The Morgan fingerprint density at radius 3 is 2.61 bits per heavy atom. The molecule has 94 valence electrons. The van der Waals surface area contributed by atoms with Crippen molar-refractivity contribution in [3.63, 3.8) is 0 Å². The van der Waals surface area contributed by atoms with Crippen molar-refractivity contribution in [3.05, 3.63) is 59.4 Å². The molecular formula is C15H18N2O. The van der Waals surface area contributed by atoms with Gasteiger partial charge in [0.25, 0.3) is 0 Å². The lowest BCUT2D eigenvalue weighted by molar-refractivity contribution is 0.403. The molecule has 0 fully saturated rings. The zero-order valence-corrected chi connectivity index (χ0v) is 11.0. The normalized spacial score (nSPS) is 12.2. The van der Waals surface area contributed by atoms with Gasteiger partial charge in [0.15, 0.2) is 0 Å². The van der Waals surface area contributed by atoms with Crippen molar-refractivity contribution >= 4 is 0 Å². The minimum absolute atomic E-state index is 0.115. The van der Waals surface area contributed by atoms with Crippen LogP contribution in [0.2, 0.25) is 0 Å². The number of aromatic nitrogens is 1. The molecule has 0 saturated carbocycles. The van der Waals surface area contributed by atoms with E-state index in [0.29, 0.717) is 0 Å². The van der Waals surface area contributed by atoms with Crippen LogP contribution < -0.4 is 10.1 Å². The van der Waals surface area contributed by atoms with Gasteiger partial charge in [0.2, 0.25) is 0 Å². The summed E-state index contributed by atoms with van der Waals surface area (Å²) in [5.74, 6) is 0.806. The standard InChI is InChI=1S/C15H18N2O/c1-11-6-4-5-7-12(11)15(16-2)13-8-9-17-10-14(13)18-3/h4-10,15-16H,1-3H3. The molecule has 2 rings (SSSR count). The van der Waals surface area contributed by atoms with Crippen LogP contribution in [0.15, 0.2) is 42.7 Å². The van der Waals surface area contributed by atoms with Gasteiger partial charge in [0, 0.05) is 11.8 Å². The predicted molar refractivity (Wildman–Crippen MR) is 72.9 cm³/mol. The minimum atomic E-state index is 0.115. The van der Waals surface area contributed by atoms with Crippen LogP contribution in [0, 0.1) is 6.92 Å². The molecule has 1 atom stereocenters. The SMILES string of the molecule is CNC(c1ccccc1C)c1ccncc1OC. The van der Waals surface area contributed by atoms with Gasteiger partial charge in [0.1, 0.15) is 5.75 Å². The maximum atomic E-state index is 5.39. The molecule has 0 radical (unpaired) electrons. The number of hydrogen-bond donors (Lipinski definition) is 1. The maximum absolute atomic E-state index is 5.39. The first kappa shape index (κ1) is 12.6. The third-order valence-corrected chi connectivity index (χ3v) is 3.14. The number of aryl methyl sites for hydroxylation is 1. The van der Waals surface area contributed by atoms with Crippen molar-refractivity contribution < 1.29 is 4.74 Å². The molecule has 3 heteroatoms. The molecule has 18 heavy (non-hydrogen) atoms. The lowest BCUT2D eigenvalue weighted by Gasteiger charge is -2.21. The van der Waals surface area contributed by atoms with Crippen LogP contribution >= 0.6 is 0 Å². The fraction of sp³-hybridized carbons (Fsp3) is 0.267. The fourth-order valence-corrected chi connectivity index (χ4v) is 2.19. The molecule has 0 aliphatic heterocycles. The van der Waals surface area contributed by atoms with Crippen LogP contribution in [-0.4, -0.2) is 19.1 Å². The van der Waals surface area contributed by atoms with Gasteiger partial charge in [-0.2, -0.15) is 0 Å². The number of hydrogen-bond acceptors (Lipinski definition) is 3. The second-order valence-electron chi connectivity index (χ2n) is 4.20. The lowest BCUT2D eigenvalue weighted by atomic mass is 9.95. The number of rotatable bonds is 4. The van der Waals surface area contributed by atoms with Crippen molar-refractivity contribution in [1.29, 1.82) is 0 Å². The van der Waals surface area contributed by atoms with Gasteiger partial charge < -0.3 is 10.1 Å². The molecule has 1 unspecified atom stereocenters. The Hall–Kier alpha value is -1.87. The zero-order chi connectivity index (χ0) is 13.0. The van der Waals surface area contributed by atoms with Crippen LogP contribution in [0.25, 0.3) is 0 Å². The summed E-state index contributed by atoms with van der Waals surface area (Å²) in [5, 5.41) is 3.34. The highest BCUT2D eigenvalue weighted by atomic mass is 16.5. The fourth-order valence-electron chi connectivity index (χ4n) is 2.19. The van der Waals surface area contributed by atoms with Gasteiger partial charge in [-0.25, -0.2) is 0 Å². The van der Waals surface area contributed by atoms with Crippen LogP contribution in [-0.2, 0) is 0 Å². The largest absolute Gasteiger partial charge is 0.495 e. The molecule has 0 amide bonds. The van der Waals surface area contributed by atoms with E-state index in [2.05, 4.69) is 41.5 Å². The third-order valence-electron chi connectivity index (χ3n) is 3.14. The molecule has 0 spiro atoms. The number of nitrogens with one attached hydrogen (secondary N) is 1. The van der Waals surface area contributed by atoms with Gasteiger partial charge >= 0.3 is 0 Å². The average Bonchev–Trinajstić information content (AvgIpc) is 2.42. The molecule has 0 aliphatic carbocycles. The number of pyridine rings is 1. The van der Waals surface area contributed by atoms with E-state index < -0.39 is 0 Å². The van der Waals surface area contributed by atoms with E-state index in [4.69, 9.17) is 4.74 Å². The molecular weight excluding hydrogens is 224 g/mol. The van der Waals surface area contributed by atoms with E-state index in [1.807, 2.05) is 13.1 Å². The first-order chi connectivity index (χ1) is 8.77. The molecule has 1 N–H and O–H groups in total. The van der Waals surface area contributed by atoms with Gasteiger partial charge in [-0.3, -0.25) is 4.98 Å². The third kappa shape index (κ3) is 2.36. The molecule has 1 aromatic heterocycles. The Labute approximate surface area is 108 Å². The van der Waals surface area contributed by atoms with Crippen molar-refractivity contribution in [2.75, 3.05) is 14.2 Å². The van der Waals surface area contributed by atoms with Crippen LogP contribution in [0.1, 0.15) is 22.7 Å². The summed E-state index contributed by atoms with van der Waals surface area (Å²) in [5.41, 5.74) is 3.62. The Balaban J connectivity index is 2.49. The zero-order valence-electron chi connectivity index (χ0n) is 11.0. The van der Waals surface area contributed by atoms with Crippen molar-refractivity contribution in [2.45, 2.75) is 13.0 Å². The highest BCUT2D eigenvalue weighted by Crippen LogP contribution is 2.30. The van der Waals surface area contributed by atoms with Crippen molar-refractivity contribution in [1.82, 2.24) is 10.3 Å². The van der Waals surface area contributed by atoms with Gasteiger partial charge in [-0.05, 0) is 31.2 Å². The number of methoxy groups -OCH3 is 1. The second kappa shape index (κ2) is 5.65. The number of benzene rings is 1. The van der Waals surface area contributed by atoms with Crippen molar-refractivity contribution in [2.24, 2.45) is 0 Å². The Bertz CT molecular complexity index is 525. The summed E-state index contributed by atoms with van der Waals surface area (Å²) < 4.78 is 5.39. The van der Waals surface area contributed by atoms with Crippen LogP contribution in [0.5, 0.6) is 5.75 Å². The van der Waals surface area contributed by atoms with Crippen molar-refractivity contribution in [3.8, 4) is 5.75 Å². The molecule has 0 bridgehead atoms. The van der Waals surface area contributed by atoms with E-state index in [1.165, 1.54) is 11.1 Å². The average molecular weight is 242 g/mol. The predicted octanol–water partition coefficient (Wildman–Crippen LogP) is 2.71. The molecule has 1 heterocycles. The summed E-state index contributed by atoms with van der Waals surface area (Å²) in [4.78, 5) is 4.10. The van der Waals surface area contributed by atoms with E-state index in [1.54, 1.807) is 19.5 Å². The molecule has 2 aromatic rings. The monoisotopic (exact) mass is 242 g/mol. The first-order valence-electron chi connectivity index (χ1n) is 5.98. The van der Waals surface area contributed by atoms with Crippen LogP contribution in [0.4, 0.5) is 0 Å². The minimum Gasteiger partial charge on any atom is -0.495 e. The maximum Gasteiger partial charge on any atom is 0.142 e. The highest BCUT2D eigenvalue weighted by Gasteiger charge is 2.17. The molecule has 1 aromatic carbocycles. The quantitative estimate of drug-likeness (QED) is 0.895. The first-order valence-corrected chi connectivity index (χ1v) is 5.98. The Morgan fingerprint density at radius 1 is 1.17 bits per heavy atom. The van der Waals surface area contributed by atoms with E-state index in [9.17, 15) is 0 Å². The van der Waals surface area contributed by atoms with E-state index >= 15 is 0 Å². The van der Waals surface area contributed by atoms with E-state index in [0.717, 1.165) is 11.3 Å². The Morgan fingerprint density at radius 2 is 1.94 bits per heavy atom. The second-order valence-corrected chi connectivity index (χ2v) is 4.20. The number of ether oxygens (including phenoxy) is 1. The molecule has 0 aliphatic rings. The lowest BCUT2D eigenvalue weighted by Crippen LogP contribution is -2.19. The topological polar surface area (TPSA) is 34.2 Å². The van der Waals surface area contributed by atoms with Gasteiger partial charge in [-0.1, -0.05) is 24.3 Å². The summed E-state index contributed by atoms with van der Waals surface area (Å²) in [6, 6.07) is 10.5. The van der Waals surface area contributed by atoms with Gasteiger partial charge in [0.05, 0.1) is 19.3 Å². The number of nitrogens with zero attached hydrogens (tertiary/aromatic N) is 1. The highest BCUT2D eigenvalue weighted by molar-refractivity contribution is 5.42. The van der Waals surface area contributed by atoms with Crippen LogP contribution in [0.3, 0.4) is 0 Å². The summed E-state index contributed by atoms with van der Waals surface area (Å²) in [6.45, 7) is 2.12. The summed E-state index contributed by atoms with van der Waals surface area (Å²) >= 11 is 0.